The molecule has 1 N–H and O–H groups in total. The van der Waals surface area contributed by atoms with Crippen LogP contribution in [0.2, 0.25) is 0 Å². The van der Waals surface area contributed by atoms with Crippen molar-refractivity contribution in [3.63, 3.8) is 0 Å². The molecule has 0 spiro atoms. The van der Waals surface area contributed by atoms with Crippen molar-refractivity contribution < 1.29 is 14.7 Å². The van der Waals surface area contributed by atoms with Gasteiger partial charge in [0.15, 0.2) is 0 Å². The molecule has 0 bridgehead atoms. The number of carboxylic acid groups (broad SMARTS) is 1. The molecular formula is C16H28N2O3. The van der Waals surface area contributed by atoms with Crippen LogP contribution in [0.3, 0.4) is 0 Å². The summed E-state index contributed by atoms with van der Waals surface area (Å²) in [6.45, 7) is 6.48. The van der Waals surface area contributed by atoms with Crippen LogP contribution in [-0.4, -0.2) is 59.0 Å². The first-order valence-corrected chi connectivity index (χ1v) is 7.99. The average Bonchev–Trinajstić information content (AvgIpc) is 2.42. The first kappa shape index (κ1) is 16.3. The standard InChI is InChI=1S/C16H28N2O3/c1-15(2)12-18(10-9-17(15)3)13(19)11-16(14(20)21)7-5-4-6-8-16/h4-12H2,1-3H3,(H,20,21). The molecule has 1 heterocycles. The Hall–Kier alpha value is -1.10. The van der Waals surface area contributed by atoms with Crippen LogP contribution in [0.1, 0.15) is 52.4 Å². The zero-order valence-corrected chi connectivity index (χ0v) is 13.5. The normalized spacial score (nSPS) is 25.6. The number of likely N-dealkylation sites (N-methyl/N-ethyl adjacent to an activating group) is 1. The van der Waals surface area contributed by atoms with Crippen molar-refractivity contribution in [2.45, 2.75) is 57.9 Å². The van der Waals surface area contributed by atoms with E-state index in [1.165, 1.54) is 0 Å². The zero-order valence-electron chi connectivity index (χ0n) is 13.5. The number of hydrogen-bond donors (Lipinski definition) is 1. The number of aliphatic carboxylic acids is 1. The molecule has 0 aromatic rings. The molecule has 0 aromatic carbocycles. The molecule has 1 saturated heterocycles. The van der Waals surface area contributed by atoms with Crippen LogP contribution in [0.25, 0.3) is 0 Å². The summed E-state index contributed by atoms with van der Waals surface area (Å²) in [5.74, 6) is -0.774. The molecule has 5 nitrogen and oxygen atoms in total. The molecule has 0 unspecified atom stereocenters. The van der Waals surface area contributed by atoms with Crippen molar-refractivity contribution >= 4 is 11.9 Å². The fourth-order valence-electron chi connectivity index (χ4n) is 3.55. The van der Waals surface area contributed by atoms with Gasteiger partial charge in [-0.2, -0.15) is 0 Å². The van der Waals surface area contributed by atoms with Gasteiger partial charge in [0.2, 0.25) is 5.91 Å². The number of carboxylic acids is 1. The van der Waals surface area contributed by atoms with Gasteiger partial charge in [0.25, 0.3) is 0 Å². The molecule has 0 atom stereocenters. The lowest BCUT2D eigenvalue weighted by Crippen LogP contribution is -2.59. The summed E-state index contributed by atoms with van der Waals surface area (Å²) in [6, 6.07) is 0. The van der Waals surface area contributed by atoms with E-state index in [0.29, 0.717) is 25.9 Å². The zero-order chi connectivity index (χ0) is 15.7. The summed E-state index contributed by atoms with van der Waals surface area (Å²) in [7, 11) is 2.07. The number of carbonyl (C=O) groups is 2. The van der Waals surface area contributed by atoms with Crippen LogP contribution in [-0.2, 0) is 9.59 Å². The van der Waals surface area contributed by atoms with E-state index in [2.05, 4.69) is 25.8 Å². The predicted octanol–water partition coefficient (Wildman–Crippen LogP) is 1.96. The molecule has 2 fully saturated rings. The first-order chi connectivity index (χ1) is 9.77. The SMILES string of the molecule is CN1CCN(C(=O)CC2(C(=O)O)CCCCC2)CC1(C)C. The summed E-state index contributed by atoms with van der Waals surface area (Å²) in [5.41, 5.74) is -0.861. The number of rotatable bonds is 3. The summed E-state index contributed by atoms with van der Waals surface area (Å²) >= 11 is 0. The predicted molar refractivity (Wildman–Crippen MR) is 81.1 cm³/mol. The highest BCUT2D eigenvalue weighted by Crippen LogP contribution is 2.40. The number of nitrogens with zero attached hydrogens (tertiary/aromatic N) is 2. The average molecular weight is 296 g/mol. The van der Waals surface area contributed by atoms with Crippen molar-refractivity contribution in [2.24, 2.45) is 5.41 Å². The molecule has 2 aliphatic rings. The van der Waals surface area contributed by atoms with Crippen molar-refractivity contribution in [2.75, 3.05) is 26.7 Å². The van der Waals surface area contributed by atoms with Gasteiger partial charge in [0.1, 0.15) is 0 Å². The molecule has 1 aliphatic heterocycles. The highest BCUT2D eigenvalue weighted by atomic mass is 16.4. The Bertz CT molecular complexity index is 414. The Balaban J connectivity index is 2.04. The van der Waals surface area contributed by atoms with Crippen molar-refractivity contribution in [1.82, 2.24) is 9.80 Å². The molecule has 1 amide bonds. The van der Waals surface area contributed by atoms with Gasteiger partial charge in [-0.15, -0.1) is 0 Å². The van der Waals surface area contributed by atoms with Crippen LogP contribution in [0.15, 0.2) is 0 Å². The van der Waals surface area contributed by atoms with Crippen LogP contribution >= 0.6 is 0 Å². The van der Waals surface area contributed by atoms with Gasteiger partial charge in [-0.3, -0.25) is 14.5 Å². The third kappa shape index (κ3) is 3.39. The lowest BCUT2D eigenvalue weighted by atomic mass is 9.71. The van der Waals surface area contributed by atoms with E-state index in [1.54, 1.807) is 0 Å². The molecule has 21 heavy (non-hydrogen) atoms. The lowest BCUT2D eigenvalue weighted by molar-refractivity contribution is -0.157. The van der Waals surface area contributed by atoms with Crippen LogP contribution < -0.4 is 0 Å². The summed E-state index contributed by atoms with van der Waals surface area (Å²) < 4.78 is 0. The van der Waals surface area contributed by atoms with E-state index < -0.39 is 11.4 Å². The van der Waals surface area contributed by atoms with E-state index in [1.807, 2.05) is 4.90 Å². The Morgan fingerprint density at radius 3 is 2.24 bits per heavy atom. The first-order valence-electron chi connectivity index (χ1n) is 7.99. The Kier molecular flexibility index (Phi) is 4.61. The number of hydrogen-bond acceptors (Lipinski definition) is 3. The maximum Gasteiger partial charge on any atom is 0.310 e. The minimum absolute atomic E-state index is 0.0143. The number of carbonyl (C=O) groups excluding carboxylic acids is 1. The molecule has 1 saturated carbocycles. The number of piperazine rings is 1. The van der Waals surface area contributed by atoms with Gasteiger partial charge in [-0.25, -0.2) is 0 Å². The van der Waals surface area contributed by atoms with Gasteiger partial charge in [0, 0.05) is 31.6 Å². The minimum atomic E-state index is -0.817. The van der Waals surface area contributed by atoms with Gasteiger partial charge in [-0.1, -0.05) is 19.3 Å². The quantitative estimate of drug-likeness (QED) is 0.865. The maximum absolute atomic E-state index is 12.6. The molecule has 5 heteroatoms. The van der Waals surface area contributed by atoms with Crippen LogP contribution in [0, 0.1) is 5.41 Å². The lowest BCUT2D eigenvalue weighted by Gasteiger charge is -2.46. The van der Waals surface area contributed by atoms with Crippen molar-refractivity contribution in [3.8, 4) is 0 Å². The van der Waals surface area contributed by atoms with Gasteiger partial charge < -0.3 is 10.0 Å². The van der Waals surface area contributed by atoms with E-state index >= 15 is 0 Å². The Morgan fingerprint density at radius 1 is 1.10 bits per heavy atom. The van der Waals surface area contributed by atoms with Crippen LogP contribution in [0.5, 0.6) is 0 Å². The highest BCUT2D eigenvalue weighted by molar-refractivity contribution is 5.85. The van der Waals surface area contributed by atoms with Gasteiger partial charge in [-0.05, 0) is 33.7 Å². The molecule has 1 aliphatic carbocycles. The highest BCUT2D eigenvalue weighted by Gasteiger charge is 2.43. The fourth-order valence-corrected chi connectivity index (χ4v) is 3.55. The second-order valence-corrected chi connectivity index (χ2v) is 7.37. The van der Waals surface area contributed by atoms with E-state index in [4.69, 9.17) is 0 Å². The summed E-state index contributed by atoms with van der Waals surface area (Å²) in [4.78, 5) is 28.4. The smallest absolute Gasteiger partial charge is 0.310 e. The molecule has 0 radical (unpaired) electrons. The Labute approximate surface area is 127 Å². The molecular weight excluding hydrogens is 268 g/mol. The molecule has 0 aromatic heterocycles. The second kappa shape index (κ2) is 5.95. The second-order valence-electron chi connectivity index (χ2n) is 7.37. The van der Waals surface area contributed by atoms with Crippen molar-refractivity contribution in [3.05, 3.63) is 0 Å². The van der Waals surface area contributed by atoms with Crippen LogP contribution in [0.4, 0.5) is 0 Å². The third-order valence-corrected chi connectivity index (χ3v) is 5.42. The van der Waals surface area contributed by atoms with Gasteiger partial charge >= 0.3 is 5.97 Å². The monoisotopic (exact) mass is 296 g/mol. The van der Waals surface area contributed by atoms with Gasteiger partial charge in [0.05, 0.1) is 5.41 Å². The van der Waals surface area contributed by atoms with Crippen molar-refractivity contribution in [1.29, 1.82) is 0 Å². The number of amides is 1. The topological polar surface area (TPSA) is 60.9 Å². The fraction of sp³-hybridized carbons (Fsp3) is 0.875. The third-order valence-electron chi connectivity index (χ3n) is 5.42. The molecule has 2 rings (SSSR count). The minimum Gasteiger partial charge on any atom is -0.481 e. The Morgan fingerprint density at radius 2 is 1.71 bits per heavy atom. The maximum atomic E-state index is 12.6. The largest absolute Gasteiger partial charge is 0.481 e. The summed E-state index contributed by atoms with van der Waals surface area (Å²) in [6.07, 6.45) is 4.39. The molecule has 120 valence electrons. The van der Waals surface area contributed by atoms with E-state index in [0.717, 1.165) is 25.8 Å². The van der Waals surface area contributed by atoms with E-state index in [-0.39, 0.29) is 17.9 Å². The van der Waals surface area contributed by atoms with E-state index in [9.17, 15) is 14.7 Å². The summed E-state index contributed by atoms with van der Waals surface area (Å²) in [5, 5.41) is 9.60.